The third kappa shape index (κ3) is 3.38. The van der Waals surface area contributed by atoms with E-state index in [9.17, 15) is 10.2 Å². The predicted molar refractivity (Wildman–Crippen MR) is 89.4 cm³/mol. The van der Waals surface area contributed by atoms with Gasteiger partial charge in [-0.2, -0.15) is 0 Å². The molecule has 0 spiro atoms. The van der Waals surface area contributed by atoms with Gasteiger partial charge in [0.1, 0.15) is 18.6 Å². The number of benzene rings is 1. The van der Waals surface area contributed by atoms with Crippen molar-refractivity contribution in [1.82, 2.24) is 0 Å². The first-order chi connectivity index (χ1) is 11.1. The third-order valence-electron chi connectivity index (χ3n) is 3.75. The van der Waals surface area contributed by atoms with Crippen molar-refractivity contribution in [1.29, 1.82) is 0 Å². The van der Waals surface area contributed by atoms with Crippen molar-refractivity contribution in [2.75, 3.05) is 6.61 Å². The Kier molecular flexibility index (Phi) is 4.92. The first kappa shape index (κ1) is 16.3. The van der Waals surface area contributed by atoms with Gasteiger partial charge in [-0.25, -0.2) is 0 Å². The maximum atomic E-state index is 10.8. The van der Waals surface area contributed by atoms with E-state index in [-0.39, 0.29) is 6.61 Å². The summed E-state index contributed by atoms with van der Waals surface area (Å²) in [4.78, 5) is 1.88. The van der Waals surface area contributed by atoms with Crippen LogP contribution in [0.25, 0.3) is 0 Å². The Morgan fingerprint density at radius 1 is 1.22 bits per heavy atom. The topological polar surface area (TPSA) is 58.9 Å². The fourth-order valence-corrected chi connectivity index (χ4v) is 3.83. The van der Waals surface area contributed by atoms with Crippen LogP contribution in [0, 0.1) is 6.92 Å². The van der Waals surface area contributed by atoms with E-state index in [0.29, 0.717) is 17.0 Å². The van der Waals surface area contributed by atoms with Gasteiger partial charge in [0.05, 0.1) is 4.88 Å². The van der Waals surface area contributed by atoms with Crippen molar-refractivity contribution in [2.45, 2.75) is 25.7 Å². The normalized spacial score (nSPS) is 15.5. The van der Waals surface area contributed by atoms with Gasteiger partial charge >= 0.3 is 0 Å². The molecule has 0 amide bonds. The summed E-state index contributed by atoms with van der Waals surface area (Å²) in [5, 5.41) is 20.6. The second-order valence-electron chi connectivity index (χ2n) is 5.26. The SMILES string of the molecule is Cc1sc(C2OC=CO2)cc1[C@H](O)c1cc(Cl)ccc1CCO. The summed E-state index contributed by atoms with van der Waals surface area (Å²) in [6.45, 7) is 1.97. The van der Waals surface area contributed by atoms with Crippen molar-refractivity contribution in [2.24, 2.45) is 0 Å². The standard InChI is InChI=1S/C17H17ClO4S/c1-10-13(9-15(23-10)17-21-6-7-22-17)16(20)14-8-12(18)3-2-11(14)4-5-19/h2-3,6-9,16-17,19-20H,4-5H2,1H3/t16-/m0/s1. The van der Waals surface area contributed by atoms with Crippen LogP contribution in [0.5, 0.6) is 0 Å². The molecule has 1 aromatic carbocycles. The summed E-state index contributed by atoms with van der Waals surface area (Å²) in [7, 11) is 0. The molecule has 0 unspecified atom stereocenters. The van der Waals surface area contributed by atoms with Gasteiger partial charge in [-0.3, -0.25) is 0 Å². The highest BCUT2D eigenvalue weighted by atomic mass is 35.5. The molecule has 2 heterocycles. The van der Waals surface area contributed by atoms with Gasteiger partial charge in [-0.1, -0.05) is 17.7 Å². The van der Waals surface area contributed by atoms with Crippen LogP contribution in [0.1, 0.15) is 38.8 Å². The van der Waals surface area contributed by atoms with E-state index in [2.05, 4.69) is 0 Å². The molecule has 0 saturated heterocycles. The number of halogens is 1. The fraction of sp³-hybridized carbons (Fsp3) is 0.294. The summed E-state index contributed by atoms with van der Waals surface area (Å²) in [5.74, 6) is 0. The average molecular weight is 353 g/mol. The summed E-state index contributed by atoms with van der Waals surface area (Å²) < 4.78 is 10.7. The Hall–Kier alpha value is -1.53. The predicted octanol–water partition coefficient (Wildman–Crippen LogP) is 3.84. The monoisotopic (exact) mass is 352 g/mol. The van der Waals surface area contributed by atoms with Crippen LogP contribution >= 0.6 is 22.9 Å². The molecule has 122 valence electrons. The highest BCUT2D eigenvalue weighted by Gasteiger charge is 2.24. The van der Waals surface area contributed by atoms with Gasteiger partial charge in [0, 0.05) is 16.5 Å². The van der Waals surface area contributed by atoms with Gasteiger partial charge < -0.3 is 19.7 Å². The number of rotatable bonds is 5. The maximum absolute atomic E-state index is 10.8. The molecule has 3 rings (SSSR count). The first-order valence-corrected chi connectivity index (χ1v) is 8.43. The van der Waals surface area contributed by atoms with Crippen LogP contribution in [0.2, 0.25) is 5.02 Å². The molecular formula is C17H17ClO4S. The Labute approximate surface area is 143 Å². The van der Waals surface area contributed by atoms with E-state index in [4.69, 9.17) is 21.1 Å². The number of aliphatic hydroxyl groups is 2. The number of aliphatic hydroxyl groups excluding tert-OH is 2. The van der Waals surface area contributed by atoms with Crippen molar-refractivity contribution in [3.8, 4) is 0 Å². The summed E-state index contributed by atoms with van der Waals surface area (Å²) in [5.41, 5.74) is 2.39. The molecule has 0 radical (unpaired) electrons. The molecule has 2 N–H and O–H groups in total. The van der Waals surface area contributed by atoms with Crippen molar-refractivity contribution in [3.05, 3.63) is 68.3 Å². The molecule has 0 fully saturated rings. The molecule has 0 aliphatic carbocycles. The summed E-state index contributed by atoms with van der Waals surface area (Å²) in [6, 6.07) is 7.25. The second-order valence-corrected chi connectivity index (χ2v) is 6.98. The van der Waals surface area contributed by atoms with Gasteiger partial charge in [-0.15, -0.1) is 11.3 Å². The number of hydrogen-bond donors (Lipinski definition) is 2. The Bertz CT molecular complexity index is 717. The summed E-state index contributed by atoms with van der Waals surface area (Å²) >= 11 is 7.60. The Morgan fingerprint density at radius 3 is 2.65 bits per heavy atom. The van der Waals surface area contributed by atoms with Crippen LogP contribution in [0.3, 0.4) is 0 Å². The minimum Gasteiger partial charge on any atom is -0.454 e. The molecule has 4 nitrogen and oxygen atoms in total. The van der Waals surface area contributed by atoms with Crippen LogP contribution < -0.4 is 0 Å². The lowest BCUT2D eigenvalue weighted by Gasteiger charge is -2.16. The molecular weight excluding hydrogens is 336 g/mol. The number of hydrogen-bond acceptors (Lipinski definition) is 5. The molecule has 1 aliphatic heterocycles. The highest BCUT2D eigenvalue weighted by Crippen LogP contribution is 2.38. The van der Waals surface area contributed by atoms with Crippen molar-refractivity contribution >= 4 is 22.9 Å². The van der Waals surface area contributed by atoms with E-state index in [0.717, 1.165) is 20.9 Å². The van der Waals surface area contributed by atoms with Crippen LogP contribution in [0.4, 0.5) is 0 Å². The number of aryl methyl sites for hydroxylation is 1. The fourth-order valence-electron chi connectivity index (χ4n) is 2.62. The zero-order valence-electron chi connectivity index (χ0n) is 12.5. The van der Waals surface area contributed by atoms with E-state index in [1.54, 1.807) is 12.1 Å². The zero-order chi connectivity index (χ0) is 16.4. The van der Waals surface area contributed by atoms with Crippen LogP contribution in [-0.2, 0) is 15.9 Å². The Balaban J connectivity index is 1.94. The lowest BCUT2D eigenvalue weighted by molar-refractivity contribution is -0.0217. The van der Waals surface area contributed by atoms with Crippen molar-refractivity contribution in [3.63, 3.8) is 0 Å². The highest BCUT2D eigenvalue weighted by molar-refractivity contribution is 7.12. The van der Waals surface area contributed by atoms with Crippen LogP contribution in [0.15, 0.2) is 36.8 Å². The smallest absolute Gasteiger partial charge is 0.275 e. The molecule has 0 saturated carbocycles. The molecule has 0 bridgehead atoms. The molecule has 1 atom stereocenters. The van der Waals surface area contributed by atoms with E-state index >= 15 is 0 Å². The molecule has 2 aromatic rings. The minimum atomic E-state index is -0.811. The van der Waals surface area contributed by atoms with E-state index < -0.39 is 12.4 Å². The molecule has 1 aliphatic rings. The molecule has 23 heavy (non-hydrogen) atoms. The lowest BCUT2D eigenvalue weighted by Crippen LogP contribution is -2.06. The van der Waals surface area contributed by atoms with E-state index in [1.807, 2.05) is 19.1 Å². The van der Waals surface area contributed by atoms with Crippen molar-refractivity contribution < 1.29 is 19.7 Å². The third-order valence-corrected chi connectivity index (χ3v) is 5.07. The summed E-state index contributed by atoms with van der Waals surface area (Å²) in [6.07, 6.45) is 2.22. The number of ether oxygens (including phenoxy) is 2. The van der Waals surface area contributed by atoms with Gasteiger partial charge in [0.15, 0.2) is 0 Å². The quantitative estimate of drug-likeness (QED) is 0.858. The number of thiophene rings is 1. The van der Waals surface area contributed by atoms with Gasteiger partial charge in [0.2, 0.25) is 0 Å². The first-order valence-electron chi connectivity index (χ1n) is 7.23. The Morgan fingerprint density at radius 2 is 1.96 bits per heavy atom. The lowest BCUT2D eigenvalue weighted by atomic mass is 9.95. The second kappa shape index (κ2) is 6.93. The molecule has 6 heteroatoms. The zero-order valence-corrected chi connectivity index (χ0v) is 14.1. The minimum absolute atomic E-state index is 0.0185. The van der Waals surface area contributed by atoms with Gasteiger partial charge in [-0.05, 0) is 48.2 Å². The largest absolute Gasteiger partial charge is 0.454 e. The maximum Gasteiger partial charge on any atom is 0.275 e. The van der Waals surface area contributed by atoms with Crippen LogP contribution in [-0.4, -0.2) is 16.8 Å². The van der Waals surface area contributed by atoms with Gasteiger partial charge in [0.25, 0.3) is 6.29 Å². The average Bonchev–Trinajstić information content (AvgIpc) is 3.18. The molecule has 1 aromatic heterocycles. The van der Waals surface area contributed by atoms with E-state index in [1.165, 1.54) is 23.9 Å².